The van der Waals surface area contributed by atoms with Gasteiger partial charge >= 0.3 is 5.97 Å². The molecule has 3 heteroatoms. The van der Waals surface area contributed by atoms with E-state index in [4.69, 9.17) is 4.74 Å². The van der Waals surface area contributed by atoms with Crippen molar-refractivity contribution < 1.29 is 9.53 Å². The second-order valence-corrected chi connectivity index (χ2v) is 4.69. The fraction of sp³-hybridized carbons (Fsp3) is 0.562. The van der Waals surface area contributed by atoms with E-state index in [2.05, 4.69) is 24.4 Å². The van der Waals surface area contributed by atoms with E-state index in [9.17, 15) is 4.79 Å². The summed E-state index contributed by atoms with van der Waals surface area (Å²) in [5.74, 6) is -0.0588. The van der Waals surface area contributed by atoms with Crippen LogP contribution in [0.2, 0.25) is 0 Å². The molecule has 0 heterocycles. The second-order valence-electron chi connectivity index (χ2n) is 4.69. The minimum Gasteiger partial charge on any atom is -0.466 e. The Kier molecular flexibility index (Phi) is 8.73. The van der Waals surface area contributed by atoms with E-state index in [-0.39, 0.29) is 5.97 Å². The summed E-state index contributed by atoms with van der Waals surface area (Å²) < 4.78 is 5.10. The van der Waals surface area contributed by atoms with E-state index in [1.54, 1.807) is 0 Å². The normalized spacial score (nSPS) is 10.4. The largest absolute Gasteiger partial charge is 0.466 e. The summed E-state index contributed by atoms with van der Waals surface area (Å²) in [6.45, 7) is 4.49. The Balaban J connectivity index is 1.92. The fourth-order valence-electron chi connectivity index (χ4n) is 1.75. The number of benzene rings is 1. The summed E-state index contributed by atoms with van der Waals surface area (Å²) in [5.41, 5.74) is 1.29. The molecule has 0 fully saturated rings. The Bertz CT molecular complexity index is 338. The predicted molar refractivity (Wildman–Crippen MR) is 77.9 cm³/mol. The molecular weight excluding hydrogens is 238 g/mol. The van der Waals surface area contributed by atoms with Gasteiger partial charge in [0.25, 0.3) is 0 Å². The number of esters is 1. The highest BCUT2D eigenvalue weighted by Gasteiger charge is 2.01. The van der Waals surface area contributed by atoms with Gasteiger partial charge in [0.2, 0.25) is 0 Å². The monoisotopic (exact) mass is 263 g/mol. The van der Waals surface area contributed by atoms with Gasteiger partial charge in [0.15, 0.2) is 0 Å². The quantitative estimate of drug-likeness (QED) is 0.520. The van der Waals surface area contributed by atoms with Crippen molar-refractivity contribution in [1.29, 1.82) is 0 Å². The maximum absolute atomic E-state index is 11.3. The first kappa shape index (κ1) is 15.7. The van der Waals surface area contributed by atoms with Crippen molar-refractivity contribution in [3.05, 3.63) is 35.9 Å². The molecule has 0 amide bonds. The number of carbonyl (C=O) groups is 1. The minimum atomic E-state index is -0.0588. The molecule has 1 aromatic rings. The van der Waals surface area contributed by atoms with Crippen molar-refractivity contribution >= 4 is 5.97 Å². The minimum absolute atomic E-state index is 0.0588. The molecule has 0 aromatic heterocycles. The molecular formula is C16H25NO2. The third kappa shape index (κ3) is 8.38. The summed E-state index contributed by atoms with van der Waals surface area (Å²) in [7, 11) is 0. The Labute approximate surface area is 116 Å². The summed E-state index contributed by atoms with van der Waals surface area (Å²) in [6, 6.07) is 10.3. The summed E-state index contributed by atoms with van der Waals surface area (Å²) >= 11 is 0. The van der Waals surface area contributed by atoms with Gasteiger partial charge in [-0.05, 0) is 31.4 Å². The summed E-state index contributed by atoms with van der Waals surface area (Å²) in [4.78, 5) is 11.3. The zero-order valence-corrected chi connectivity index (χ0v) is 11.9. The average molecular weight is 263 g/mol. The smallest absolute Gasteiger partial charge is 0.305 e. The van der Waals surface area contributed by atoms with Gasteiger partial charge in [0, 0.05) is 13.0 Å². The molecule has 0 aliphatic heterocycles. The van der Waals surface area contributed by atoms with Gasteiger partial charge in [-0.1, -0.05) is 43.7 Å². The topological polar surface area (TPSA) is 38.3 Å². The molecule has 0 saturated heterocycles. The molecule has 0 atom stereocenters. The lowest BCUT2D eigenvalue weighted by Gasteiger charge is -2.05. The van der Waals surface area contributed by atoms with Crippen LogP contribution in [0, 0.1) is 0 Å². The van der Waals surface area contributed by atoms with E-state index in [1.165, 1.54) is 5.56 Å². The summed E-state index contributed by atoms with van der Waals surface area (Å²) in [6.07, 6.45) is 4.47. The Hall–Kier alpha value is -1.35. The zero-order chi connectivity index (χ0) is 13.8. The highest BCUT2D eigenvalue weighted by molar-refractivity contribution is 5.69. The summed E-state index contributed by atoms with van der Waals surface area (Å²) in [5, 5.41) is 3.38. The van der Waals surface area contributed by atoms with Gasteiger partial charge in [-0.25, -0.2) is 0 Å². The fourth-order valence-corrected chi connectivity index (χ4v) is 1.75. The zero-order valence-electron chi connectivity index (χ0n) is 11.9. The van der Waals surface area contributed by atoms with Crippen LogP contribution in [0.5, 0.6) is 0 Å². The Morgan fingerprint density at radius 3 is 2.68 bits per heavy atom. The molecule has 0 aliphatic carbocycles. The lowest BCUT2D eigenvalue weighted by Crippen LogP contribution is -2.15. The third-order valence-corrected chi connectivity index (χ3v) is 2.92. The van der Waals surface area contributed by atoms with E-state index in [0.717, 1.165) is 38.8 Å². The second kappa shape index (κ2) is 10.6. The van der Waals surface area contributed by atoms with Gasteiger partial charge < -0.3 is 10.1 Å². The lowest BCUT2D eigenvalue weighted by molar-refractivity contribution is -0.143. The first-order valence-electron chi connectivity index (χ1n) is 7.23. The molecule has 0 saturated carbocycles. The molecule has 1 rings (SSSR count). The molecule has 106 valence electrons. The van der Waals surface area contributed by atoms with Crippen LogP contribution in [-0.4, -0.2) is 19.1 Å². The number of unbranched alkanes of at least 4 members (excludes halogenated alkanes) is 2. The molecule has 1 aromatic carbocycles. The number of nitrogens with one attached hydrogen (secondary N) is 1. The first-order chi connectivity index (χ1) is 9.33. The average Bonchev–Trinajstić information content (AvgIpc) is 2.44. The van der Waals surface area contributed by atoms with Crippen molar-refractivity contribution in [3.8, 4) is 0 Å². The van der Waals surface area contributed by atoms with Gasteiger partial charge in [0.1, 0.15) is 0 Å². The number of hydrogen-bond acceptors (Lipinski definition) is 3. The standard InChI is InChI=1S/C16H25NO2/c1-2-3-13-19-16(18)11-7-8-12-17-14-15-9-5-4-6-10-15/h4-6,9-10,17H,2-3,7-8,11-14H2,1H3. The molecule has 0 radical (unpaired) electrons. The van der Waals surface area contributed by atoms with Crippen LogP contribution in [0.15, 0.2) is 30.3 Å². The van der Waals surface area contributed by atoms with E-state index >= 15 is 0 Å². The van der Waals surface area contributed by atoms with Crippen LogP contribution in [0.25, 0.3) is 0 Å². The van der Waals surface area contributed by atoms with Gasteiger partial charge in [-0.2, -0.15) is 0 Å². The van der Waals surface area contributed by atoms with E-state index in [0.29, 0.717) is 13.0 Å². The van der Waals surface area contributed by atoms with Crippen molar-refractivity contribution in [1.82, 2.24) is 5.32 Å². The maximum Gasteiger partial charge on any atom is 0.305 e. The Morgan fingerprint density at radius 2 is 1.95 bits per heavy atom. The van der Waals surface area contributed by atoms with Crippen LogP contribution in [-0.2, 0) is 16.1 Å². The molecule has 3 nitrogen and oxygen atoms in total. The van der Waals surface area contributed by atoms with Crippen molar-refractivity contribution in [2.45, 2.75) is 45.6 Å². The van der Waals surface area contributed by atoms with Crippen LogP contribution >= 0.6 is 0 Å². The number of ether oxygens (including phenoxy) is 1. The highest BCUT2D eigenvalue weighted by atomic mass is 16.5. The molecule has 1 N–H and O–H groups in total. The number of rotatable bonds is 10. The van der Waals surface area contributed by atoms with Gasteiger partial charge in [-0.3, -0.25) is 4.79 Å². The van der Waals surface area contributed by atoms with Crippen molar-refractivity contribution in [2.24, 2.45) is 0 Å². The van der Waals surface area contributed by atoms with Gasteiger partial charge in [-0.15, -0.1) is 0 Å². The van der Waals surface area contributed by atoms with Crippen molar-refractivity contribution in [3.63, 3.8) is 0 Å². The van der Waals surface area contributed by atoms with E-state index in [1.807, 2.05) is 18.2 Å². The predicted octanol–water partition coefficient (Wildman–Crippen LogP) is 3.29. The molecule has 0 spiro atoms. The van der Waals surface area contributed by atoms with Crippen LogP contribution < -0.4 is 5.32 Å². The molecule has 0 unspecified atom stereocenters. The van der Waals surface area contributed by atoms with Crippen LogP contribution in [0.3, 0.4) is 0 Å². The Morgan fingerprint density at radius 1 is 1.16 bits per heavy atom. The van der Waals surface area contributed by atoms with Crippen LogP contribution in [0.4, 0.5) is 0 Å². The molecule has 0 aliphatic rings. The number of carbonyl (C=O) groups excluding carboxylic acids is 1. The SMILES string of the molecule is CCCCOC(=O)CCCCNCc1ccccc1. The number of hydrogen-bond donors (Lipinski definition) is 1. The molecule has 19 heavy (non-hydrogen) atoms. The maximum atomic E-state index is 11.3. The van der Waals surface area contributed by atoms with Crippen molar-refractivity contribution in [2.75, 3.05) is 13.2 Å². The lowest BCUT2D eigenvalue weighted by atomic mass is 10.2. The highest BCUT2D eigenvalue weighted by Crippen LogP contribution is 2.00. The third-order valence-electron chi connectivity index (χ3n) is 2.92. The first-order valence-corrected chi connectivity index (χ1v) is 7.23. The van der Waals surface area contributed by atoms with E-state index < -0.39 is 0 Å². The van der Waals surface area contributed by atoms with Gasteiger partial charge in [0.05, 0.1) is 6.61 Å². The molecule has 0 bridgehead atoms. The van der Waals surface area contributed by atoms with Crippen LogP contribution in [0.1, 0.15) is 44.6 Å².